The van der Waals surface area contributed by atoms with Crippen molar-refractivity contribution in [3.8, 4) is 0 Å². The second-order valence-corrected chi connectivity index (χ2v) is 8.62. The van der Waals surface area contributed by atoms with Crippen molar-refractivity contribution in [1.29, 1.82) is 0 Å². The monoisotopic (exact) mass is 246 g/mol. The van der Waals surface area contributed by atoms with Gasteiger partial charge in [-0.15, -0.1) is 0 Å². The van der Waals surface area contributed by atoms with Crippen molar-refractivity contribution in [2.75, 3.05) is 0 Å². The second kappa shape index (κ2) is 4.73. The standard InChI is InChI=1S/C16H23P/c1-12-7-10-16(13(2)11-12)17-14-5-3-4-6-15(17)9-8-14/h7,10-11,14-15H,3-6,8-9H2,1-2H3. The van der Waals surface area contributed by atoms with E-state index in [2.05, 4.69) is 32.0 Å². The molecule has 2 aliphatic heterocycles. The molecule has 0 nitrogen and oxygen atoms in total. The Kier molecular flexibility index (Phi) is 3.26. The van der Waals surface area contributed by atoms with Gasteiger partial charge in [0.05, 0.1) is 0 Å². The molecule has 1 heteroatoms. The van der Waals surface area contributed by atoms with Gasteiger partial charge in [-0.3, -0.25) is 0 Å². The molecule has 0 amide bonds. The molecule has 2 heterocycles. The third kappa shape index (κ3) is 2.17. The van der Waals surface area contributed by atoms with Crippen molar-refractivity contribution >= 4 is 13.2 Å². The molecular weight excluding hydrogens is 223 g/mol. The fourth-order valence-electron chi connectivity index (χ4n) is 3.78. The highest BCUT2D eigenvalue weighted by Gasteiger charge is 2.38. The molecule has 2 aliphatic rings. The number of rotatable bonds is 1. The maximum atomic E-state index is 2.45. The Morgan fingerprint density at radius 2 is 1.59 bits per heavy atom. The SMILES string of the molecule is Cc1ccc(P2C3CCCCC2CC3)c(C)c1. The third-order valence-electron chi connectivity index (χ3n) is 4.58. The van der Waals surface area contributed by atoms with Crippen LogP contribution >= 0.6 is 7.92 Å². The van der Waals surface area contributed by atoms with Gasteiger partial charge in [0.2, 0.25) is 0 Å². The largest absolute Gasteiger partial charge is 0.0687 e. The van der Waals surface area contributed by atoms with Crippen LogP contribution in [0.4, 0.5) is 0 Å². The van der Waals surface area contributed by atoms with Crippen LogP contribution in [-0.2, 0) is 0 Å². The van der Waals surface area contributed by atoms with Crippen molar-refractivity contribution in [2.24, 2.45) is 0 Å². The average molecular weight is 246 g/mol. The van der Waals surface area contributed by atoms with Crippen molar-refractivity contribution < 1.29 is 0 Å². The van der Waals surface area contributed by atoms with E-state index < -0.39 is 0 Å². The zero-order chi connectivity index (χ0) is 11.8. The summed E-state index contributed by atoms with van der Waals surface area (Å²) in [6.07, 6.45) is 9.04. The van der Waals surface area contributed by atoms with Crippen molar-refractivity contribution in [1.82, 2.24) is 0 Å². The molecule has 0 aromatic heterocycles. The zero-order valence-electron chi connectivity index (χ0n) is 11.1. The van der Waals surface area contributed by atoms with Crippen LogP contribution < -0.4 is 5.30 Å². The van der Waals surface area contributed by atoms with Gasteiger partial charge in [-0.05, 0) is 61.7 Å². The molecule has 2 fully saturated rings. The lowest BCUT2D eigenvalue weighted by Crippen LogP contribution is -2.15. The number of aryl methyl sites for hydroxylation is 2. The van der Waals surface area contributed by atoms with Crippen molar-refractivity contribution in [2.45, 2.75) is 63.7 Å². The molecule has 0 radical (unpaired) electrons. The number of hydrogen-bond acceptors (Lipinski definition) is 0. The minimum absolute atomic E-state index is 0.162. The Morgan fingerprint density at radius 3 is 2.18 bits per heavy atom. The third-order valence-corrected chi connectivity index (χ3v) is 8.24. The highest BCUT2D eigenvalue weighted by atomic mass is 31.1. The van der Waals surface area contributed by atoms with E-state index in [1.807, 2.05) is 0 Å². The van der Waals surface area contributed by atoms with Crippen LogP contribution in [0.2, 0.25) is 0 Å². The van der Waals surface area contributed by atoms with E-state index in [4.69, 9.17) is 0 Å². The van der Waals surface area contributed by atoms with E-state index in [0.717, 1.165) is 11.3 Å². The summed E-state index contributed by atoms with van der Waals surface area (Å²) in [7, 11) is 0.162. The lowest BCUT2D eigenvalue weighted by molar-refractivity contribution is 0.556. The summed E-state index contributed by atoms with van der Waals surface area (Å²) >= 11 is 0. The van der Waals surface area contributed by atoms with Crippen LogP contribution in [0, 0.1) is 13.8 Å². The summed E-state index contributed by atoms with van der Waals surface area (Å²) in [6.45, 7) is 4.54. The molecule has 0 aliphatic carbocycles. The van der Waals surface area contributed by atoms with Crippen molar-refractivity contribution in [3.63, 3.8) is 0 Å². The highest BCUT2D eigenvalue weighted by Crippen LogP contribution is 2.59. The molecule has 17 heavy (non-hydrogen) atoms. The Labute approximate surface area is 107 Å². The Bertz CT molecular complexity index is 396. The van der Waals surface area contributed by atoms with Gasteiger partial charge in [0.15, 0.2) is 0 Å². The quantitative estimate of drug-likeness (QED) is 0.639. The molecule has 2 bridgehead atoms. The fraction of sp³-hybridized carbons (Fsp3) is 0.625. The van der Waals surface area contributed by atoms with Crippen LogP contribution in [0.1, 0.15) is 49.7 Å². The molecule has 0 saturated carbocycles. The van der Waals surface area contributed by atoms with Crippen LogP contribution in [0.25, 0.3) is 0 Å². The van der Waals surface area contributed by atoms with Gasteiger partial charge in [0, 0.05) is 0 Å². The van der Waals surface area contributed by atoms with E-state index >= 15 is 0 Å². The lowest BCUT2D eigenvalue weighted by atomic mass is 10.0. The van der Waals surface area contributed by atoms with Gasteiger partial charge >= 0.3 is 0 Å². The normalized spacial score (nSPS) is 32.5. The number of hydrogen-bond donors (Lipinski definition) is 0. The van der Waals surface area contributed by atoms with E-state index in [9.17, 15) is 0 Å². The maximum absolute atomic E-state index is 2.45. The van der Waals surface area contributed by atoms with Crippen LogP contribution in [0.3, 0.4) is 0 Å². The molecule has 3 rings (SSSR count). The van der Waals surface area contributed by atoms with Gasteiger partial charge in [-0.1, -0.05) is 44.5 Å². The smallest absolute Gasteiger partial charge is 0.0166 e. The van der Waals surface area contributed by atoms with Crippen molar-refractivity contribution in [3.05, 3.63) is 29.3 Å². The summed E-state index contributed by atoms with van der Waals surface area (Å²) in [4.78, 5) is 0. The average Bonchev–Trinajstić information content (AvgIpc) is 2.52. The summed E-state index contributed by atoms with van der Waals surface area (Å²) in [5.74, 6) is 0. The number of fused-ring (bicyclic) bond motifs is 2. The van der Waals surface area contributed by atoms with E-state index in [1.165, 1.54) is 44.1 Å². The molecule has 1 aromatic carbocycles. The van der Waals surface area contributed by atoms with Crippen LogP contribution in [0.5, 0.6) is 0 Å². The molecule has 2 atom stereocenters. The summed E-state index contributed by atoms with van der Waals surface area (Å²) in [6, 6.07) is 7.17. The van der Waals surface area contributed by atoms with Crippen LogP contribution in [0.15, 0.2) is 18.2 Å². The summed E-state index contributed by atoms with van der Waals surface area (Å²) < 4.78 is 0. The molecular formula is C16H23P. The van der Waals surface area contributed by atoms with Gasteiger partial charge < -0.3 is 0 Å². The second-order valence-electron chi connectivity index (χ2n) is 5.87. The Morgan fingerprint density at radius 1 is 0.941 bits per heavy atom. The summed E-state index contributed by atoms with van der Waals surface area (Å²) in [5, 5.41) is 1.74. The molecule has 1 aromatic rings. The maximum Gasteiger partial charge on any atom is -0.0166 e. The topological polar surface area (TPSA) is 0 Å². The highest BCUT2D eigenvalue weighted by molar-refractivity contribution is 7.67. The van der Waals surface area contributed by atoms with E-state index in [0.29, 0.717) is 0 Å². The first-order chi connectivity index (χ1) is 8.25. The van der Waals surface area contributed by atoms with E-state index in [1.54, 1.807) is 10.9 Å². The molecule has 0 N–H and O–H groups in total. The van der Waals surface area contributed by atoms with Gasteiger partial charge in [-0.2, -0.15) is 0 Å². The minimum Gasteiger partial charge on any atom is -0.0687 e. The van der Waals surface area contributed by atoms with Gasteiger partial charge in [-0.25, -0.2) is 0 Å². The molecule has 0 spiro atoms. The predicted molar refractivity (Wildman–Crippen MR) is 77.7 cm³/mol. The molecule has 92 valence electrons. The summed E-state index contributed by atoms with van der Waals surface area (Å²) in [5.41, 5.74) is 5.09. The first-order valence-electron chi connectivity index (χ1n) is 7.11. The minimum atomic E-state index is 0.162. The fourth-order valence-corrected chi connectivity index (χ4v) is 7.65. The first kappa shape index (κ1) is 11.7. The van der Waals surface area contributed by atoms with Gasteiger partial charge in [0.1, 0.15) is 0 Å². The lowest BCUT2D eigenvalue weighted by Gasteiger charge is -2.25. The van der Waals surface area contributed by atoms with Crippen LogP contribution in [-0.4, -0.2) is 11.3 Å². The first-order valence-corrected chi connectivity index (χ1v) is 8.59. The Hall–Kier alpha value is -0.350. The predicted octanol–water partition coefficient (Wildman–Crippen LogP) is 4.52. The number of benzene rings is 1. The molecule has 2 unspecified atom stereocenters. The molecule has 2 saturated heterocycles. The van der Waals surface area contributed by atoms with Gasteiger partial charge in [0.25, 0.3) is 0 Å². The zero-order valence-corrected chi connectivity index (χ0v) is 12.0. The van der Waals surface area contributed by atoms with E-state index in [-0.39, 0.29) is 7.92 Å². The Balaban J connectivity index is 1.97.